The van der Waals surface area contributed by atoms with Crippen molar-refractivity contribution in [2.45, 2.75) is 19.0 Å². The van der Waals surface area contributed by atoms with Gasteiger partial charge >= 0.3 is 0 Å². The van der Waals surface area contributed by atoms with Gasteiger partial charge in [-0.05, 0) is 24.1 Å². The number of hydrogen-bond donors (Lipinski definition) is 1. The summed E-state index contributed by atoms with van der Waals surface area (Å²) >= 11 is 0. The Labute approximate surface area is 157 Å². The molecule has 6 heteroatoms. The van der Waals surface area contributed by atoms with Crippen molar-refractivity contribution in [2.24, 2.45) is 0 Å². The van der Waals surface area contributed by atoms with E-state index in [9.17, 15) is 0 Å². The van der Waals surface area contributed by atoms with Crippen LogP contribution in [0.3, 0.4) is 0 Å². The average Bonchev–Trinajstić information content (AvgIpc) is 3.09. The molecule has 0 spiro atoms. The summed E-state index contributed by atoms with van der Waals surface area (Å²) in [4.78, 5) is 5.19. The highest BCUT2D eigenvalue weighted by Crippen LogP contribution is 2.29. The first-order valence-corrected chi connectivity index (χ1v) is 8.88. The van der Waals surface area contributed by atoms with Crippen LogP contribution in [-0.4, -0.2) is 68.8 Å². The van der Waals surface area contributed by atoms with Crippen LogP contribution < -0.4 is 14.8 Å². The molecule has 1 unspecified atom stereocenters. The van der Waals surface area contributed by atoms with Crippen LogP contribution in [-0.2, 0) is 6.54 Å². The Kier molecular flexibility index (Phi) is 8.03. The Hall–Kier alpha value is -1.27. The lowest BCUT2D eigenvalue weighted by Gasteiger charge is -2.32. The Bertz CT molecular complexity index is 549. The van der Waals surface area contributed by atoms with Crippen molar-refractivity contribution in [3.63, 3.8) is 0 Å². The van der Waals surface area contributed by atoms with Crippen molar-refractivity contribution in [3.8, 4) is 11.5 Å². The molecule has 0 amide bonds. The molecule has 2 saturated heterocycles. The van der Waals surface area contributed by atoms with Gasteiger partial charge in [0.2, 0.25) is 0 Å². The minimum Gasteiger partial charge on any atom is -0.493 e. The Balaban J connectivity index is 0.00000225. The maximum Gasteiger partial charge on any atom is 0.161 e. The summed E-state index contributed by atoms with van der Waals surface area (Å²) < 4.78 is 11.1. The number of methoxy groups -OCH3 is 1. The van der Waals surface area contributed by atoms with Crippen LogP contribution in [0.2, 0.25) is 0 Å². The molecule has 2 aliphatic heterocycles. The molecule has 2 heterocycles. The summed E-state index contributed by atoms with van der Waals surface area (Å²) in [5.41, 5.74) is 1.28. The van der Waals surface area contributed by atoms with Gasteiger partial charge in [0.1, 0.15) is 6.61 Å². The van der Waals surface area contributed by atoms with Crippen LogP contribution in [0.5, 0.6) is 11.5 Å². The predicted molar refractivity (Wildman–Crippen MR) is 104 cm³/mol. The number of ether oxygens (including phenoxy) is 2. The smallest absolute Gasteiger partial charge is 0.161 e. The number of benzene rings is 1. The monoisotopic (exact) mass is 367 g/mol. The highest BCUT2D eigenvalue weighted by atomic mass is 35.5. The third kappa shape index (κ3) is 5.35. The van der Waals surface area contributed by atoms with Gasteiger partial charge in [0, 0.05) is 51.9 Å². The number of hydrogen-bond acceptors (Lipinski definition) is 5. The average molecular weight is 368 g/mol. The highest BCUT2D eigenvalue weighted by Gasteiger charge is 2.28. The second kappa shape index (κ2) is 10.0. The molecule has 25 heavy (non-hydrogen) atoms. The van der Waals surface area contributed by atoms with Crippen molar-refractivity contribution in [2.75, 3.05) is 53.0 Å². The van der Waals surface area contributed by atoms with E-state index < -0.39 is 0 Å². The van der Waals surface area contributed by atoms with Crippen molar-refractivity contribution in [3.05, 3.63) is 36.4 Å². The normalized spacial score (nSPS) is 21.6. The zero-order valence-corrected chi connectivity index (χ0v) is 15.9. The van der Waals surface area contributed by atoms with E-state index in [0.29, 0.717) is 12.6 Å². The number of halogens is 1. The summed E-state index contributed by atoms with van der Waals surface area (Å²) in [6.45, 7) is 12.1. The van der Waals surface area contributed by atoms with E-state index in [-0.39, 0.29) is 12.4 Å². The van der Waals surface area contributed by atoms with E-state index in [4.69, 9.17) is 9.47 Å². The van der Waals surface area contributed by atoms with Crippen molar-refractivity contribution < 1.29 is 9.47 Å². The summed E-state index contributed by atoms with van der Waals surface area (Å²) in [6.07, 6.45) is 3.02. The van der Waals surface area contributed by atoms with E-state index in [1.54, 1.807) is 13.2 Å². The highest BCUT2D eigenvalue weighted by molar-refractivity contribution is 5.85. The lowest BCUT2D eigenvalue weighted by atomic mass is 10.2. The quantitative estimate of drug-likeness (QED) is 0.747. The SMILES string of the molecule is C=CCOc1ccc(CN2CCC(N3CCNCC3)C2)cc1OC.Cl. The minimum absolute atomic E-state index is 0. The van der Waals surface area contributed by atoms with Gasteiger partial charge in [-0.1, -0.05) is 18.7 Å². The molecule has 1 aromatic carbocycles. The van der Waals surface area contributed by atoms with Crippen LogP contribution >= 0.6 is 12.4 Å². The number of likely N-dealkylation sites (tertiary alicyclic amines) is 1. The van der Waals surface area contributed by atoms with E-state index in [1.165, 1.54) is 31.6 Å². The third-order valence-corrected chi connectivity index (χ3v) is 4.91. The van der Waals surface area contributed by atoms with Crippen LogP contribution in [0, 0.1) is 0 Å². The molecule has 5 nitrogen and oxygen atoms in total. The molecular formula is C19H30ClN3O2. The predicted octanol–water partition coefficient (Wildman–Crippen LogP) is 2.16. The maximum atomic E-state index is 5.63. The van der Waals surface area contributed by atoms with Gasteiger partial charge in [0.25, 0.3) is 0 Å². The largest absolute Gasteiger partial charge is 0.493 e. The molecule has 0 radical (unpaired) electrons. The van der Waals surface area contributed by atoms with Gasteiger partial charge in [-0.3, -0.25) is 9.80 Å². The molecule has 0 aliphatic carbocycles. The van der Waals surface area contributed by atoms with Gasteiger partial charge in [0.15, 0.2) is 11.5 Å². The van der Waals surface area contributed by atoms with Gasteiger partial charge < -0.3 is 14.8 Å². The molecule has 3 rings (SSSR count). The number of piperazine rings is 1. The molecule has 2 aliphatic rings. The first kappa shape index (κ1) is 20.0. The summed E-state index contributed by atoms with van der Waals surface area (Å²) in [5.74, 6) is 1.58. The van der Waals surface area contributed by atoms with Crippen LogP contribution in [0.15, 0.2) is 30.9 Å². The van der Waals surface area contributed by atoms with E-state index in [1.807, 2.05) is 6.07 Å². The fourth-order valence-corrected chi connectivity index (χ4v) is 3.64. The van der Waals surface area contributed by atoms with Crippen molar-refractivity contribution in [1.82, 2.24) is 15.1 Å². The van der Waals surface area contributed by atoms with Crippen LogP contribution in [0.25, 0.3) is 0 Å². The van der Waals surface area contributed by atoms with E-state index in [2.05, 4.69) is 33.8 Å². The van der Waals surface area contributed by atoms with E-state index >= 15 is 0 Å². The minimum atomic E-state index is 0. The fourth-order valence-electron chi connectivity index (χ4n) is 3.64. The van der Waals surface area contributed by atoms with Gasteiger partial charge in [0.05, 0.1) is 7.11 Å². The fraction of sp³-hybridized carbons (Fsp3) is 0.579. The molecule has 0 bridgehead atoms. The first-order chi connectivity index (χ1) is 11.8. The van der Waals surface area contributed by atoms with Crippen LogP contribution in [0.1, 0.15) is 12.0 Å². The lowest BCUT2D eigenvalue weighted by molar-refractivity contribution is 0.170. The zero-order valence-electron chi connectivity index (χ0n) is 15.1. The molecule has 0 aromatic heterocycles. The molecule has 1 atom stereocenters. The second-order valence-corrected chi connectivity index (χ2v) is 6.55. The molecule has 1 N–H and O–H groups in total. The molecule has 0 saturated carbocycles. The topological polar surface area (TPSA) is 37.0 Å². The molecule has 1 aromatic rings. The number of nitrogens with zero attached hydrogens (tertiary/aromatic N) is 2. The summed E-state index contributed by atoms with van der Waals surface area (Å²) in [7, 11) is 1.69. The Morgan fingerprint density at radius 1 is 1.24 bits per heavy atom. The van der Waals surface area contributed by atoms with Crippen molar-refractivity contribution in [1.29, 1.82) is 0 Å². The van der Waals surface area contributed by atoms with E-state index in [0.717, 1.165) is 37.7 Å². The Morgan fingerprint density at radius 3 is 2.76 bits per heavy atom. The summed E-state index contributed by atoms with van der Waals surface area (Å²) in [5, 5.41) is 3.43. The van der Waals surface area contributed by atoms with Gasteiger partial charge in [-0.25, -0.2) is 0 Å². The Morgan fingerprint density at radius 2 is 2.04 bits per heavy atom. The number of nitrogens with one attached hydrogen (secondary N) is 1. The molecular weight excluding hydrogens is 338 g/mol. The van der Waals surface area contributed by atoms with Gasteiger partial charge in [-0.2, -0.15) is 0 Å². The van der Waals surface area contributed by atoms with Crippen LogP contribution in [0.4, 0.5) is 0 Å². The summed E-state index contributed by atoms with van der Waals surface area (Å²) in [6, 6.07) is 6.95. The maximum absolute atomic E-state index is 5.63. The first-order valence-electron chi connectivity index (χ1n) is 8.88. The number of rotatable bonds is 7. The third-order valence-electron chi connectivity index (χ3n) is 4.91. The molecule has 2 fully saturated rings. The lowest BCUT2D eigenvalue weighted by Crippen LogP contribution is -2.49. The second-order valence-electron chi connectivity index (χ2n) is 6.55. The molecule has 140 valence electrons. The van der Waals surface area contributed by atoms with Gasteiger partial charge in [-0.15, -0.1) is 12.4 Å². The standard InChI is InChI=1S/C19H29N3O2.ClH/c1-3-12-24-18-5-4-16(13-19(18)23-2)14-21-9-6-17(15-21)22-10-7-20-8-11-22;/h3-5,13,17,20H,1,6-12,14-15H2,2H3;1H. The zero-order chi connectivity index (χ0) is 16.8. The van der Waals surface area contributed by atoms with Crippen molar-refractivity contribution >= 4 is 12.4 Å².